The van der Waals surface area contributed by atoms with Gasteiger partial charge < -0.3 is 15.4 Å². The number of nitrogens with one attached hydrogen (secondary N) is 3. The van der Waals surface area contributed by atoms with Crippen LogP contribution in [0.2, 0.25) is 0 Å². The van der Waals surface area contributed by atoms with Crippen molar-refractivity contribution >= 4 is 34.8 Å². The Morgan fingerprint density at radius 2 is 1.60 bits per heavy atom. The summed E-state index contributed by atoms with van der Waals surface area (Å²) in [7, 11) is 0. The van der Waals surface area contributed by atoms with E-state index in [1.54, 1.807) is 42.5 Å². The molecule has 2 amide bonds. The quantitative estimate of drug-likeness (QED) is 0.384. The zero-order valence-corrected chi connectivity index (χ0v) is 18.3. The molecule has 0 unspecified atom stereocenters. The van der Waals surface area contributed by atoms with Gasteiger partial charge in [-0.05, 0) is 49.3 Å². The maximum Gasteiger partial charge on any atom is 0.261 e. The number of unbranched alkanes of at least 4 members (excludes halogenated alkanes) is 2. The van der Waals surface area contributed by atoms with Gasteiger partial charge in [-0.25, -0.2) is 0 Å². The Morgan fingerprint density at radius 1 is 0.900 bits per heavy atom. The number of anilines is 1. The van der Waals surface area contributed by atoms with E-state index in [-0.39, 0.29) is 16.9 Å². The first-order valence-corrected chi connectivity index (χ1v) is 10.7. The van der Waals surface area contributed by atoms with Crippen molar-refractivity contribution in [3.05, 3.63) is 59.7 Å². The molecule has 0 aliphatic carbocycles. The van der Waals surface area contributed by atoms with Gasteiger partial charge in [-0.2, -0.15) is 0 Å². The summed E-state index contributed by atoms with van der Waals surface area (Å²) < 4.78 is 5.77. The molecule has 0 radical (unpaired) electrons. The molecule has 0 aliphatic rings. The number of hydrogen-bond acceptors (Lipinski definition) is 4. The van der Waals surface area contributed by atoms with Crippen molar-refractivity contribution in [3.63, 3.8) is 0 Å². The number of para-hydroxylation sites is 2. The standard InChI is InChI=1S/C23H29N3O3S/c1-3-5-10-16-29-20-14-9-7-12-18(20)22(28)26-23(30)25-19-13-8-6-11-17(19)21(27)24-15-4-2/h6-9,11-14H,3-5,10,15-16H2,1-2H3,(H,24,27)(H2,25,26,28,30). The van der Waals surface area contributed by atoms with E-state index in [0.29, 0.717) is 35.7 Å². The minimum absolute atomic E-state index is 0.108. The van der Waals surface area contributed by atoms with Gasteiger partial charge in [0, 0.05) is 6.54 Å². The molecule has 0 bridgehead atoms. The zero-order valence-electron chi connectivity index (χ0n) is 17.5. The Labute approximate surface area is 183 Å². The molecule has 0 aliphatic heterocycles. The fourth-order valence-corrected chi connectivity index (χ4v) is 2.96. The Morgan fingerprint density at radius 3 is 2.33 bits per heavy atom. The van der Waals surface area contributed by atoms with E-state index in [1.807, 2.05) is 13.0 Å². The highest BCUT2D eigenvalue weighted by atomic mass is 32.1. The summed E-state index contributed by atoms with van der Waals surface area (Å²) in [6.45, 7) is 5.26. The number of carbonyl (C=O) groups excluding carboxylic acids is 2. The van der Waals surface area contributed by atoms with Gasteiger partial charge >= 0.3 is 0 Å². The van der Waals surface area contributed by atoms with Crippen molar-refractivity contribution in [1.82, 2.24) is 10.6 Å². The minimum Gasteiger partial charge on any atom is -0.493 e. The Bertz CT molecular complexity index is 870. The maximum absolute atomic E-state index is 12.7. The monoisotopic (exact) mass is 427 g/mol. The lowest BCUT2D eigenvalue weighted by atomic mass is 10.1. The van der Waals surface area contributed by atoms with Crippen LogP contribution in [0.5, 0.6) is 5.75 Å². The first-order valence-electron chi connectivity index (χ1n) is 10.3. The van der Waals surface area contributed by atoms with Crippen molar-refractivity contribution in [1.29, 1.82) is 0 Å². The molecular formula is C23H29N3O3S. The lowest BCUT2D eigenvalue weighted by Crippen LogP contribution is -2.35. The normalized spacial score (nSPS) is 10.2. The second-order valence-corrected chi connectivity index (χ2v) is 7.17. The third kappa shape index (κ3) is 7.15. The van der Waals surface area contributed by atoms with Crippen molar-refractivity contribution in [2.24, 2.45) is 0 Å². The molecule has 0 heterocycles. The van der Waals surface area contributed by atoms with Crippen molar-refractivity contribution in [2.75, 3.05) is 18.5 Å². The molecule has 30 heavy (non-hydrogen) atoms. The van der Waals surface area contributed by atoms with Crippen LogP contribution in [0.4, 0.5) is 5.69 Å². The molecule has 7 heteroatoms. The van der Waals surface area contributed by atoms with Crippen LogP contribution >= 0.6 is 12.2 Å². The summed E-state index contributed by atoms with van der Waals surface area (Å²) in [6, 6.07) is 14.1. The summed E-state index contributed by atoms with van der Waals surface area (Å²) in [4.78, 5) is 25.1. The predicted molar refractivity (Wildman–Crippen MR) is 124 cm³/mol. The molecule has 0 fully saturated rings. The van der Waals surface area contributed by atoms with Gasteiger partial charge in [0.25, 0.3) is 11.8 Å². The molecule has 3 N–H and O–H groups in total. The smallest absolute Gasteiger partial charge is 0.261 e. The number of rotatable bonds is 10. The van der Waals surface area contributed by atoms with Crippen molar-refractivity contribution < 1.29 is 14.3 Å². The van der Waals surface area contributed by atoms with Gasteiger partial charge in [-0.3, -0.25) is 14.9 Å². The van der Waals surface area contributed by atoms with Gasteiger partial charge in [-0.1, -0.05) is 51.0 Å². The number of ether oxygens (including phenoxy) is 1. The number of thiocarbonyl (C=S) groups is 1. The van der Waals surface area contributed by atoms with Gasteiger partial charge in [0.2, 0.25) is 0 Å². The first-order chi connectivity index (χ1) is 14.6. The number of benzene rings is 2. The van der Waals surface area contributed by atoms with Gasteiger partial charge in [0.05, 0.1) is 23.4 Å². The van der Waals surface area contributed by atoms with E-state index < -0.39 is 0 Å². The number of carbonyl (C=O) groups is 2. The van der Waals surface area contributed by atoms with E-state index >= 15 is 0 Å². The highest BCUT2D eigenvalue weighted by Gasteiger charge is 2.15. The van der Waals surface area contributed by atoms with E-state index in [4.69, 9.17) is 17.0 Å². The van der Waals surface area contributed by atoms with E-state index in [1.165, 1.54) is 0 Å². The van der Waals surface area contributed by atoms with Gasteiger partial charge in [0.15, 0.2) is 5.11 Å². The molecule has 0 spiro atoms. The average molecular weight is 428 g/mol. The van der Waals surface area contributed by atoms with Crippen LogP contribution in [0.3, 0.4) is 0 Å². The van der Waals surface area contributed by atoms with Crippen LogP contribution < -0.4 is 20.7 Å². The molecule has 2 aromatic rings. The summed E-state index contributed by atoms with van der Waals surface area (Å²) >= 11 is 5.30. The number of amides is 2. The summed E-state index contributed by atoms with van der Waals surface area (Å²) in [5, 5.41) is 8.56. The van der Waals surface area contributed by atoms with Crippen LogP contribution in [-0.2, 0) is 0 Å². The Hall–Kier alpha value is -2.93. The highest BCUT2D eigenvalue weighted by Crippen LogP contribution is 2.19. The van der Waals surface area contributed by atoms with E-state index in [0.717, 1.165) is 25.7 Å². The molecule has 0 saturated carbocycles. The van der Waals surface area contributed by atoms with Crippen molar-refractivity contribution in [3.8, 4) is 5.75 Å². The third-order valence-corrected chi connectivity index (χ3v) is 4.52. The Balaban J connectivity index is 2.02. The summed E-state index contributed by atoms with van der Waals surface area (Å²) in [5.74, 6) is -0.0420. The van der Waals surface area contributed by atoms with E-state index in [9.17, 15) is 9.59 Å². The highest BCUT2D eigenvalue weighted by molar-refractivity contribution is 7.80. The molecule has 2 aromatic carbocycles. The third-order valence-electron chi connectivity index (χ3n) is 4.32. The maximum atomic E-state index is 12.7. The molecule has 0 saturated heterocycles. The van der Waals surface area contributed by atoms with Crippen LogP contribution in [0.1, 0.15) is 60.2 Å². The van der Waals surface area contributed by atoms with Gasteiger partial charge in [0.1, 0.15) is 5.75 Å². The van der Waals surface area contributed by atoms with Crippen LogP contribution in [0.25, 0.3) is 0 Å². The summed E-state index contributed by atoms with van der Waals surface area (Å²) in [6.07, 6.45) is 3.95. The minimum atomic E-state index is -0.369. The Kier molecular flexibility index (Phi) is 9.80. The fourth-order valence-electron chi connectivity index (χ4n) is 2.76. The molecule has 2 rings (SSSR count). The fraction of sp³-hybridized carbons (Fsp3) is 0.348. The van der Waals surface area contributed by atoms with E-state index in [2.05, 4.69) is 22.9 Å². The average Bonchev–Trinajstić information content (AvgIpc) is 2.75. The lowest BCUT2D eigenvalue weighted by Gasteiger charge is -2.15. The molecule has 0 aromatic heterocycles. The lowest BCUT2D eigenvalue weighted by molar-refractivity contribution is 0.0952. The first kappa shape index (κ1) is 23.3. The van der Waals surface area contributed by atoms with Crippen LogP contribution in [0, 0.1) is 0 Å². The second kappa shape index (κ2) is 12.6. The SMILES string of the molecule is CCCCCOc1ccccc1C(=O)NC(=S)Nc1ccccc1C(=O)NCCC. The van der Waals surface area contributed by atoms with Crippen LogP contribution in [-0.4, -0.2) is 30.1 Å². The topological polar surface area (TPSA) is 79.5 Å². The molecule has 6 nitrogen and oxygen atoms in total. The molecule has 160 valence electrons. The summed E-state index contributed by atoms with van der Waals surface area (Å²) in [5.41, 5.74) is 1.40. The molecular weight excluding hydrogens is 398 g/mol. The van der Waals surface area contributed by atoms with Crippen LogP contribution in [0.15, 0.2) is 48.5 Å². The van der Waals surface area contributed by atoms with Crippen molar-refractivity contribution in [2.45, 2.75) is 39.5 Å². The largest absolute Gasteiger partial charge is 0.493 e. The second-order valence-electron chi connectivity index (χ2n) is 6.76. The van der Waals surface area contributed by atoms with Gasteiger partial charge in [-0.15, -0.1) is 0 Å². The zero-order chi connectivity index (χ0) is 21.8. The number of hydrogen-bond donors (Lipinski definition) is 3. The predicted octanol–water partition coefficient (Wildman–Crippen LogP) is 4.52. The molecule has 0 atom stereocenters.